The molecule has 0 N–H and O–H groups in total. The van der Waals surface area contributed by atoms with Crippen molar-refractivity contribution in [3.63, 3.8) is 0 Å². The monoisotopic (exact) mass is 468 g/mol. The summed E-state index contributed by atoms with van der Waals surface area (Å²) in [7, 11) is 0. The second kappa shape index (κ2) is 11.8. The lowest BCUT2D eigenvalue weighted by Crippen LogP contribution is -2.15. The number of esters is 1. The minimum absolute atomic E-state index is 0.0117. The zero-order valence-corrected chi connectivity index (χ0v) is 19.0. The second-order valence-corrected chi connectivity index (χ2v) is 7.36. The van der Waals surface area contributed by atoms with Gasteiger partial charge in [-0.15, -0.1) is 0 Å². The zero-order valence-electron chi connectivity index (χ0n) is 19.0. The number of benzene rings is 1. The predicted octanol–water partition coefficient (Wildman–Crippen LogP) is 4.95. The standard InChI is InChI=1S/C26H25FO7/c1-3-5-14-32-25-21(28)16-20(11-13-23(29)31-4-2)34-26(25)24(30)22-12-10-19(33-22)15-17-6-8-18(27)9-7-17/h6-13,16H,3-5,14-15H2,1-2H3/b13-11+. The minimum atomic E-state index is -0.680. The molecule has 34 heavy (non-hydrogen) atoms. The highest BCUT2D eigenvalue weighted by molar-refractivity contribution is 6.07. The lowest BCUT2D eigenvalue weighted by molar-refractivity contribution is -0.137. The molecule has 0 aliphatic rings. The first-order chi connectivity index (χ1) is 16.4. The van der Waals surface area contributed by atoms with E-state index in [1.54, 1.807) is 25.1 Å². The van der Waals surface area contributed by atoms with Crippen LogP contribution < -0.4 is 10.2 Å². The Hall–Kier alpha value is -3.94. The third kappa shape index (κ3) is 6.54. The van der Waals surface area contributed by atoms with Crippen molar-refractivity contribution >= 4 is 17.8 Å². The number of halogens is 1. The summed E-state index contributed by atoms with van der Waals surface area (Å²) in [5, 5.41) is 0. The quantitative estimate of drug-likeness (QED) is 0.170. The fraction of sp³-hybridized carbons (Fsp3) is 0.269. The van der Waals surface area contributed by atoms with E-state index in [1.807, 2.05) is 6.92 Å². The van der Waals surface area contributed by atoms with Crippen LogP contribution in [0.3, 0.4) is 0 Å². The number of furan rings is 1. The first-order valence-electron chi connectivity index (χ1n) is 10.9. The molecule has 8 heteroatoms. The maximum atomic E-state index is 13.2. The molecule has 0 aliphatic heterocycles. The van der Waals surface area contributed by atoms with Crippen LogP contribution in [0.4, 0.5) is 4.39 Å². The highest BCUT2D eigenvalue weighted by atomic mass is 19.1. The average Bonchev–Trinajstić information content (AvgIpc) is 3.28. The maximum Gasteiger partial charge on any atom is 0.330 e. The molecule has 3 aromatic rings. The Bertz CT molecular complexity index is 1220. The van der Waals surface area contributed by atoms with Gasteiger partial charge in [0.25, 0.3) is 5.78 Å². The Morgan fingerprint density at radius 1 is 1.06 bits per heavy atom. The fourth-order valence-electron chi connectivity index (χ4n) is 3.04. The van der Waals surface area contributed by atoms with E-state index in [0.717, 1.165) is 24.1 Å². The van der Waals surface area contributed by atoms with Gasteiger partial charge in [-0.25, -0.2) is 9.18 Å². The second-order valence-electron chi connectivity index (χ2n) is 7.36. The Morgan fingerprint density at radius 3 is 2.53 bits per heavy atom. The summed E-state index contributed by atoms with van der Waals surface area (Å²) in [6, 6.07) is 10.2. The van der Waals surface area contributed by atoms with E-state index in [-0.39, 0.29) is 42.1 Å². The summed E-state index contributed by atoms with van der Waals surface area (Å²) in [5.41, 5.74) is 0.239. The Morgan fingerprint density at radius 2 is 1.82 bits per heavy atom. The Labute approximate surface area is 195 Å². The van der Waals surface area contributed by atoms with Gasteiger partial charge in [-0.3, -0.25) is 9.59 Å². The van der Waals surface area contributed by atoms with E-state index in [1.165, 1.54) is 24.3 Å². The van der Waals surface area contributed by atoms with Crippen LogP contribution in [0.15, 0.2) is 62.2 Å². The third-order valence-corrected chi connectivity index (χ3v) is 4.72. The van der Waals surface area contributed by atoms with Crippen molar-refractivity contribution in [3.05, 3.63) is 93.2 Å². The highest BCUT2D eigenvalue weighted by Gasteiger charge is 2.25. The van der Waals surface area contributed by atoms with Gasteiger partial charge in [0.2, 0.25) is 16.9 Å². The summed E-state index contributed by atoms with van der Waals surface area (Å²) in [6.07, 6.45) is 4.20. The number of carbonyl (C=O) groups excluding carboxylic acids is 2. The lowest BCUT2D eigenvalue weighted by atomic mass is 10.1. The molecule has 0 fully saturated rings. The molecule has 0 saturated heterocycles. The normalized spacial score (nSPS) is 11.0. The van der Waals surface area contributed by atoms with Gasteiger partial charge in [0.1, 0.15) is 17.3 Å². The Kier molecular flexibility index (Phi) is 8.56. The molecule has 2 heterocycles. The molecule has 0 amide bonds. The van der Waals surface area contributed by atoms with Gasteiger partial charge in [-0.1, -0.05) is 25.5 Å². The van der Waals surface area contributed by atoms with E-state index in [9.17, 15) is 18.8 Å². The van der Waals surface area contributed by atoms with E-state index < -0.39 is 17.2 Å². The summed E-state index contributed by atoms with van der Waals surface area (Å²) in [5.74, 6) is -1.77. The summed E-state index contributed by atoms with van der Waals surface area (Å²) < 4.78 is 34.8. The van der Waals surface area contributed by atoms with Crippen molar-refractivity contribution in [1.29, 1.82) is 0 Å². The molecular formula is C26H25FO7. The van der Waals surface area contributed by atoms with Gasteiger partial charge in [-0.2, -0.15) is 0 Å². The van der Waals surface area contributed by atoms with Crippen molar-refractivity contribution in [3.8, 4) is 5.75 Å². The fourth-order valence-corrected chi connectivity index (χ4v) is 3.04. The van der Waals surface area contributed by atoms with E-state index in [0.29, 0.717) is 18.6 Å². The molecule has 0 aliphatic carbocycles. The van der Waals surface area contributed by atoms with Crippen LogP contribution in [-0.2, 0) is 16.0 Å². The Balaban J connectivity index is 1.90. The predicted molar refractivity (Wildman–Crippen MR) is 122 cm³/mol. The molecule has 0 spiro atoms. The van der Waals surface area contributed by atoms with Crippen molar-refractivity contribution in [2.75, 3.05) is 13.2 Å². The summed E-state index contributed by atoms with van der Waals surface area (Å²) in [4.78, 5) is 37.5. The molecule has 0 unspecified atom stereocenters. The number of carbonyl (C=O) groups is 2. The van der Waals surface area contributed by atoms with Gasteiger partial charge < -0.3 is 18.3 Å². The number of rotatable bonds is 11. The molecule has 0 bridgehead atoms. The number of hydrogen-bond acceptors (Lipinski definition) is 7. The molecule has 7 nitrogen and oxygen atoms in total. The topological polar surface area (TPSA) is 96.0 Å². The van der Waals surface area contributed by atoms with Crippen LogP contribution in [0.5, 0.6) is 5.75 Å². The first kappa shape index (κ1) is 24.7. The summed E-state index contributed by atoms with van der Waals surface area (Å²) >= 11 is 0. The molecule has 0 saturated carbocycles. The molecular weight excluding hydrogens is 443 g/mol. The van der Waals surface area contributed by atoms with Crippen LogP contribution in [0.2, 0.25) is 0 Å². The number of ether oxygens (including phenoxy) is 2. The lowest BCUT2D eigenvalue weighted by Gasteiger charge is -2.09. The maximum absolute atomic E-state index is 13.2. The van der Waals surface area contributed by atoms with Crippen LogP contribution in [0.1, 0.15) is 60.1 Å². The van der Waals surface area contributed by atoms with Crippen LogP contribution in [0, 0.1) is 5.82 Å². The highest BCUT2D eigenvalue weighted by Crippen LogP contribution is 2.23. The van der Waals surface area contributed by atoms with Crippen molar-refractivity contribution in [1.82, 2.24) is 0 Å². The van der Waals surface area contributed by atoms with Gasteiger partial charge in [0.05, 0.1) is 13.2 Å². The third-order valence-electron chi connectivity index (χ3n) is 4.72. The van der Waals surface area contributed by atoms with E-state index in [2.05, 4.69) is 0 Å². The smallest absolute Gasteiger partial charge is 0.330 e. The van der Waals surface area contributed by atoms with Crippen molar-refractivity contribution < 1.29 is 32.3 Å². The molecule has 1 aromatic carbocycles. The number of unbranched alkanes of at least 4 members (excludes halogenated alkanes) is 1. The molecule has 2 aromatic heterocycles. The van der Waals surface area contributed by atoms with Gasteiger partial charge in [-0.05, 0) is 49.2 Å². The van der Waals surface area contributed by atoms with Crippen LogP contribution in [0.25, 0.3) is 6.08 Å². The first-order valence-corrected chi connectivity index (χ1v) is 10.9. The summed E-state index contributed by atoms with van der Waals surface area (Å²) in [6.45, 7) is 4.05. The largest absolute Gasteiger partial charge is 0.486 e. The van der Waals surface area contributed by atoms with Crippen LogP contribution in [-0.4, -0.2) is 25.0 Å². The van der Waals surface area contributed by atoms with Crippen LogP contribution >= 0.6 is 0 Å². The van der Waals surface area contributed by atoms with Gasteiger partial charge >= 0.3 is 5.97 Å². The minimum Gasteiger partial charge on any atom is -0.486 e. The van der Waals surface area contributed by atoms with Crippen molar-refractivity contribution in [2.24, 2.45) is 0 Å². The number of hydrogen-bond donors (Lipinski definition) is 0. The zero-order chi connectivity index (χ0) is 24.5. The molecule has 178 valence electrons. The molecule has 0 radical (unpaired) electrons. The number of ketones is 1. The SMILES string of the molecule is CCCCOc1c(C(=O)c2ccc(Cc3ccc(F)cc3)o2)oc(/C=C/C(=O)OCC)cc1=O. The average molecular weight is 468 g/mol. The van der Waals surface area contributed by atoms with E-state index >= 15 is 0 Å². The van der Waals surface area contributed by atoms with Gasteiger partial charge in [0.15, 0.2) is 5.76 Å². The van der Waals surface area contributed by atoms with Crippen molar-refractivity contribution in [2.45, 2.75) is 33.1 Å². The van der Waals surface area contributed by atoms with Gasteiger partial charge in [0, 0.05) is 18.6 Å². The molecule has 0 atom stereocenters. The van der Waals surface area contributed by atoms with E-state index in [4.69, 9.17) is 18.3 Å². The molecule has 3 rings (SSSR count).